The van der Waals surface area contributed by atoms with Crippen LogP contribution < -0.4 is 26.0 Å². The van der Waals surface area contributed by atoms with Crippen LogP contribution in [0.4, 0.5) is 0 Å². The quantitative estimate of drug-likeness (QED) is 0.0563. The molecule has 0 saturated carbocycles. The van der Waals surface area contributed by atoms with Gasteiger partial charge in [-0.05, 0) is 93.6 Å². The number of rotatable bonds is 18. The molecule has 1 saturated heterocycles. The van der Waals surface area contributed by atoms with Crippen molar-refractivity contribution in [2.24, 2.45) is 29.6 Å². The summed E-state index contributed by atoms with van der Waals surface area (Å²) in [6.45, 7) is 23.8. The molecule has 62 heavy (non-hydrogen) atoms. The summed E-state index contributed by atoms with van der Waals surface area (Å²) in [5, 5.41) is 5.53. The fraction of sp³-hybridized carbons (Fsp3) is 0.519. The Morgan fingerprint density at radius 2 is 1.58 bits per heavy atom. The van der Waals surface area contributed by atoms with E-state index in [2.05, 4.69) is 77.5 Å². The molecule has 8 bridgehead atoms. The van der Waals surface area contributed by atoms with E-state index in [4.69, 9.17) is 19.4 Å². The summed E-state index contributed by atoms with van der Waals surface area (Å²) >= 11 is 0. The maximum atomic E-state index is 14.4. The first kappa shape index (κ1) is 48.7. The van der Waals surface area contributed by atoms with Gasteiger partial charge in [0, 0.05) is 45.9 Å². The third-order valence-corrected chi connectivity index (χ3v) is 13.7. The third kappa shape index (κ3) is 10.2. The third-order valence-electron chi connectivity index (χ3n) is 13.7. The van der Waals surface area contributed by atoms with Crippen LogP contribution in [0.2, 0.25) is 0 Å². The van der Waals surface area contributed by atoms with E-state index in [1.54, 1.807) is 0 Å². The molecule has 3 aliphatic rings. The molecule has 3 aromatic heterocycles. The fourth-order valence-electron chi connectivity index (χ4n) is 9.88. The molecular weight excluding hydrogens is 785 g/mol. The van der Waals surface area contributed by atoms with Crippen LogP contribution in [0, 0.1) is 50.4 Å². The SMILES string of the molecule is C=Cc1c2[n-]c(c1C)/C=C1\N/C(=C3\c4[n-]c(c(C)c4C(=O)[C@@H]3C(=O)OC)/C=c3\[nH]/c(c(C)c3CC)=C\2)[C@@H](CCC(=O)OC/C=C(\C)CCC[C@H](C)CCC[C@H](C)CCC)[C@@H]1C.[Mg+2]. The van der Waals surface area contributed by atoms with Crippen molar-refractivity contribution in [2.75, 3.05) is 13.7 Å². The van der Waals surface area contributed by atoms with Crippen molar-refractivity contribution in [3.63, 3.8) is 0 Å². The van der Waals surface area contributed by atoms with Crippen LogP contribution >= 0.6 is 0 Å². The number of methoxy groups -OCH3 is 1. The normalized spacial score (nSPS) is 22.0. The number of nitrogens with one attached hydrogen (secondary N) is 2. The predicted molar refractivity (Wildman–Crippen MR) is 252 cm³/mol. The van der Waals surface area contributed by atoms with Crippen molar-refractivity contribution in [1.29, 1.82) is 0 Å². The Kier molecular flexibility index (Phi) is 16.8. The minimum Gasteiger partial charge on any atom is -0.657 e. The van der Waals surface area contributed by atoms with E-state index < -0.39 is 11.9 Å². The number of fused-ring (bicyclic) bond motifs is 7. The number of H-pyrrole nitrogens is 1. The summed E-state index contributed by atoms with van der Waals surface area (Å²) in [5.41, 5.74) is 11.5. The molecule has 0 amide bonds. The van der Waals surface area contributed by atoms with Gasteiger partial charge in [-0.15, -0.1) is 22.8 Å². The largest absolute Gasteiger partial charge is 2.00 e. The number of hydrogen-bond donors (Lipinski definition) is 2. The molecule has 2 aliphatic heterocycles. The fourth-order valence-corrected chi connectivity index (χ4v) is 9.88. The Balaban J connectivity index is 0.00000726. The average molecular weight is 853 g/mol. The van der Waals surface area contributed by atoms with Gasteiger partial charge in [-0.3, -0.25) is 14.4 Å². The van der Waals surface area contributed by atoms with Gasteiger partial charge in [-0.1, -0.05) is 121 Å². The van der Waals surface area contributed by atoms with E-state index in [9.17, 15) is 14.4 Å². The molecule has 0 radical (unpaired) electrons. The van der Waals surface area contributed by atoms with Crippen molar-refractivity contribution in [3.8, 4) is 0 Å². The van der Waals surface area contributed by atoms with Crippen LogP contribution in [0.15, 0.2) is 29.6 Å². The number of allylic oxidation sites excluding steroid dienone is 3. The molecule has 5 heterocycles. The molecule has 328 valence electrons. The average Bonchev–Trinajstić information content (AvgIpc) is 3.97. The monoisotopic (exact) mass is 853 g/mol. The zero-order valence-corrected chi connectivity index (χ0v) is 40.5. The molecule has 5 atom stereocenters. The number of aromatic amines is 1. The van der Waals surface area contributed by atoms with E-state index in [1.807, 2.05) is 32.1 Å². The van der Waals surface area contributed by atoms with E-state index in [0.717, 1.165) is 81.1 Å². The number of hydrogen-bond acceptors (Lipinski definition) is 6. The summed E-state index contributed by atoms with van der Waals surface area (Å²) in [6.07, 6.45) is 21.3. The number of nitrogens with zero attached hydrogens (tertiary/aromatic N) is 2. The Labute approximate surface area is 385 Å². The van der Waals surface area contributed by atoms with E-state index in [-0.39, 0.29) is 59.7 Å². The smallest absolute Gasteiger partial charge is 0.657 e. The number of esters is 2. The zero-order valence-electron chi connectivity index (χ0n) is 39.1. The van der Waals surface area contributed by atoms with Gasteiger partial charge in [0.05, 0.1) is 7.11 Å². The van der Waals surface area contributed by atoms with Gasteiger partial charge in [0.15, 0.2) is 5.78 Å². The van der Waals surface area contributed by atoms with Crippen LogP contribution in [0.25, 0.3) is 29.9 Å². The van der Waals surface area contributed by atoms with Gasteiger partial charge in [-0.2, -0.15) is 0 Å². The number of carbonyl (C=O) groups is 3. The summed E-state index contributed by atoms with van der Waals surface area (Å²) in [5.74, 6) is -1.25. The maximum Gasteiger partial charge on any atom is 2.00 e. The number of aromatic nitrogens is 3. The molecule has 6 rings (SSSR count). The topological polar surface area (TPSA) is 126 Å². The van der Waals surface area contributed by atoms with Crippen molar-refractivity contribution >= 4 is 70.7 Å². The van der Waals surface area contributed by atoms with Crippen molar-refractivity contribution < 1.29 is 23.9 Å². The first-order valence-corrected chi connectivity index (χ1v) is 22.8. The summed E-state index contributed by atoms with van der Waals surface area (Å²) in [4.78, 5) is 55.2. The molecule has 9 nitrogen and oxygen atoms in total. The predicted octanol–water partition coefficient (Wildman–Crippen LogP) is 8.93. The van der Waals surface area contributed by atoms with Gasteiger partial charge < -0.3 is 29.7 Å². The zero-order chi connectivity index (χ0) is 44.1. The van der Waals surface area contributed by atoms with Gasteiger partial charge in [0.1, 0.15) is 12.5 Å². The molecule has 0 aromatic carbocycles. The summed E-state index contributed by atoms with van der Waals surface area (Å²) in [6, 6.07) is 0. The van der Waals surface area contributed by atoms with E-state index in [1.165, 1.54) is 51.2 Å². The molecule has 2 N–H and O–H groups in total. The minimum absolute atomic E-state index is 0. The Hall–Kier alpha value is -4.28. The van der Waals surface area contributed by atoms with Gasteiger partial charge in [-0.25, -0.2) is 0 Å². The van der Waals surface area contributed by atoms with Gasteiger partial charge in [0.25, 0.3) is 0 Å². The number of ether oxygens (including phenoxy) is 2. The Morgan fingerprint density at radius 1 is 0.903 bits per heavy atom. The van der Waals surface area contributed by atoms with Crippen LogP contribution in [-0.4, -0.2) is 59.5 Å². The van der Waals surface area contributed by atoms with Crippen molar-refractivity contribution in [2.45, 2.75) is 133 Å². The summed E-state index contributed by atoms with van der Waals surface area (Å²) in [7, 11) is 1.31. The van der Waals surface area contributed by atoms with E-state index >= 15 is 0 Å². The Bertz CT molecular complexity index is 2380. The molecule has 0 spiro atoms. The van der Waals surface area contributed by atoms with Crippen molar-refractivity contribution in [3.05, 3.63) is 96.5 Å². The van der Waals surface area contributed by atoms with Crippen LogP contribution in [0.5, 0.6) is 0 Å². The second-order valence-electron chi connectivity index (χ2n) is 18.0. The standard InChI is InChI=1S/C52H69N4O5.Mg/c1-12-17-29(4)18-15-19-30(5)20-16-21-31(6)24-25-61-45(57)23-22-38-34(9)41-26-39-32(7)36(13-2)43(53-39)27-40-33(8)37(14-3)44(54-40)28-42-35(10)46-50(56-42)47(49(38)55-41)48(51(46)58)52(59)60-11;/h13,24,26-30,34,38,48,54H,2,12,14-23,25H2,1,3-11H3,(H2,55,56,58);/q-1;+2/p-1/b31-24+,40-27-,41-26-,44-28-;/t29-,30-,34+,38+,48-;/m1./s1. The summed E-state index contributed by atoms with van der Waals surface area (Å²) < 4.78 is 11.1. The molecule has 1 fully saturated rings. The molecule has 10 heteroatoms. The van der Waals surface area contributed by atoms with Crippen molar-refractivity contribution in [1.82, 2.24) is 20.3 Å². The number of Topliss-reactive ketones (excluding diaryl/α,β-unsaturated/α-hetero) is 1. The molecule has 1 aliphatic carbocycles. The number of carbonyl (C=O) groups excluding carboxylic acids is 3. The Morgan fingerprint density at radius 3 is 2.26 bits per heavy atom. The van der Waals surface area contributed by atoms with E-state index in [0.29, 0.717) is 40.2 Å². The first-order valence-electron chi connectivity index (χ1n) is 22.8. The molecule has 0 unspecified atom stereocenters. The van der Waals surface area contributed by atoms with Crippen LogP contribution in [-0.2, 0) is 25.5 Å². The van der Waals surface area contributed by atoms with Gasteiger partial charge in [0.2, 0.25) is 0 Å². The second kappa shape index (κ2) is 21.4. The van der Waals surface area contributed by atoms with Crippen LogP contribution in [0.1, 0.15) is 167 Å². The minimum atomic E-state index is -1.18. The molecular formula is C52H68MgN4O5. The molecule has 3 aromatic rings. The number of ketones is 1. The first-order chi connectivity index (χ1) is 29.2. The van der Waals surface area contributed by atoms with Gasteiger partial charge >= 0.3 is 35.0 Å². The van der Waals surface area contributed by atoms with Crippen LogP contribution in [0.3, 0.4) is 0 Å². The second-order valence-corrected chi connectivity index (χ2v) is 18.0. The maximum absolute atomic E-state index is 14.4.